The number of nitrogens with zero attached hydrogens (tertiary/aromatic N) is 1. The lowest BCUT2D eigenvalue weighted by Gasteiger charge is -2.34. The molecule has 136 valence electrons. The Balaban J connectivity index is 1.91. The summed E-state index contributed by atoms with van der Waals surface area (Å²) in [6, 6.07) is 3.53. The molecule has 1 fully saturated rings. The normalized spacial score (nSPS) is 23.4. The van der Waals surface area contributed by atoms with Crippen LogP contribution in [0, 0.1) is 11.8 Å². The molecule has 2 rings (SSSR count). The topological polar surface area (TPSA) is 49.4 Å². The molecule has 0 bridgehead atoms. The van der Waals surface area contributed by atoms with Crippen molar-refractivity contribution in [2.24, 2.45) is 11.8 Å². The number of nitrogens with one attached hydrogen (secondary N) is 1. The van der Waals surface area contributed by atoms with Gasteiger partial charge in [-0.05, 0) is 42.5 Å². The summed E-state index contributed by atoms with van der Waals surface area (Å²) in [5.41, 5.74) is -0.863. The predicted molar refractivity (Wildman–Crippen MR) is 86.0 cm³/mol. The van der Waals surface area contributed by atoms with E-state index in [1.54, 1.807) is 0 Å². The first kappa shape index (κ1) is 19.2. The highest BCUT2D eigenvalue weighted by atomic mass is 32.2. The van der Waals surface area contributed by atoms with Crippen molar-refractivity contribution in [1.29, 1.82) is 0 Å². The summed E-state index contributed by atoms with van der Waals surface area (Å²) in [5.74, 6) is 1.17. The van der Waals surface area contributed by atoms with Crippen molar-refractivity contribution in [2.75, 3.05) is 26.2 Å². The van der Waals surface area contributed by atoms with Crippen LogP contribution in [0.15, 0.2) is 29.2 Å². The number of hydrogen-bond acceptors (Lipinski definition) is 3. The summed E-state index contributed by atoms with van der Waals surface area (Å²) in [6.07, 6.45) is -3.30. The van der Waals surface area contributed by atoms with Crippen LogP contribution in [-0.2, 0) is 16.2 Å². The summed E-state index contributed by atoms with van der Waals surface area (Å²) in [6.45, 7) is 7.06. The number of halogens is 3. The molecule has 0 amide bonds. The van der Waals surface area contributed by atoms with E-state index in [9.17, 15) is 21.6 Å². The van der Waals surface area contributed by atoms with Gasteiger partial charge < -0.3 is 4.90 Å². The van der Waals surface area contributed by atoms with Gasteiger partial charge in [-0.3, -0.25) is 0 Å². The number of piperidine rings is 1. The van der Waals surface area contributed by atoms with Crippen molar-refractivity contribution in [1.82, 2.24) is 9.62 Å². The van der Waals surface area contributed by atoms with E-state index in [1.807, 2.05) is 0 Å². The van der Waals surface area contributed by atoms with Gasteiger partial charge in [0.25, 0.3) is 0 Å². The largest absolute Gasteiger partial charge is 0.416 e. The number of hydrogen-bond donors (Lipinski definition) is 1. The van der Waals surface area contributed by atoms with E-state index < -0.39 is 21.8 Å². The third-order valence-electron chi connectivity index (χ3n) is 4.16. The van der Waals surface area contributed by atoms with Crippen molar-refractivity contribution < 1.29 is 21.6 Å². The van der Waals surface area contributed by atoms with Crippen LogP contribution in [0.3, 0.4) is 0 Å². The number of alkyl halides is 3. The minimum absolute atomic E-state index is 0.157. The highest BCUT2D eigenvalue weighted by Gasteiger charge is 2.30. The third-order valence-corrected chi connectivity index (χ3v) is 5.63. The van der Waals surface area contributed by atoms with Crippen LogP contribution in [-0.4, -0.2) is 39.5 Å². The van der Waals surface area contributed by atoms with Gasteiger partial charge in [0, 0.05) is 26.2 Å². The predicted octanol–water partition coefficient (Wildman–Crippen LogP) is 2.96. The quantitative estimate of drug-likeness (QED) is 0.874. The molecule has 0 unspecified atom stereocenters. The van der Waals surface area contributed by atoms with Crippen molar-refractivity contribution in [3.63, 3.8) is 0 Å². The maximum atomic E-state index is 12.5. The van der Waals surface area contributed by atoms with Gasteiger partial charge in [-0.2, -0.15) is 13.2 Å². The van der Waals surface area contributed by atoms with Crippen LogP contribution in [0.25, 0.3) is 0 Å². The molecule has 1 aliphatic heterocycles. The molecule has 1 aliphatic rings. The van der Waals surface area contributed by atoms with E-state index in [2.05, 4.69) is 23.5 Å². The zero-order valence-electron chi connectivity index (χ0n) is 13.8. The first-order chi connectivity index (χ1) is 11.1. The van der Waals surface area contributed by atoms with Crippen LogP contribution >= 0.6 is 0 Å². The van der Waals surface area contributed by atoms with E-state index in [0.29, 0.717) is 18.4 Å². The average molecular weight is 364 g/mol. The molecular weight excluding hydrogens is 341 g/mol. The molecule has 1 aromatic rings. The smallest absolute Gasteiger partial charge is 0.302 e. The van der Waals surface area contributed by atoms with Crippen molar-refractivity contribution >= 4 is 10.0 Å². The van der Waals surface area contributed by atoms with Crippen LogP contribution < -0.4 is 4.72 Å². The van der Waals surface area contributed by atoms with E-state index in [0.717, 1.165) is 37.4 Å². The maximum Gasteiger partial charge on any atom is 0.416 e. The van der Waals surface area contributed by atoms with Crippen molar-refractivity contribution in [3.05, 3.63) is 29.8 Å². The van der Waals surface area contributed by atoms with Gasteiger partial charge in [0.2, 0.25) is 10.0 Å². The Bertz CT molecular complexity index is 634. The number of likely N-dealkylation sites (tertiary alicyclic amines) is 1. The van der Waals surface area contributed by atoms with Crippen LogP contribution in [0.2, 0.25) is 0 Å². The second-order valence-electron chi connectivity index (χ2n) is 6.63. The zero-order chi connectivity index (χ0) is 18.0. The molecule has 0 aliphatic carbocycles. The molecule has 1 N–H and O–H groups in total. The van der Waals surface area contributed by atoms with Gasteiger partial charge in [-0.25, -0.2) is 13.1 Å². The molecule has 0 radical (unpaired) electrons. The SMILES string of the molecule is C[C@@H]1C[C@H](C)CN(CCNS(=O)(=O)c2ccc(C(F)(F)F)cc2)C1. The zero-order valence-corrected chi connectivity index (χ0v) is 14.6. The lowest BCUT2D eigenvalue weighted by atomic mass is 9.92. The monoisotopic (exact) mass is 364 g/mol. The summed E-state index contributed by atoms with van der Waals surface area (Å²) >= 11 is 0. The molecule has 2 atom stereocenters. The molecular formula is C16H23F3N2O2S. The van der Waals surface area contributed by atoms with Crippen molar-refractivity contribution in [2.45, 2.75) is 31.3 Å². The second kappa shape index (κ2) is 7.41. The third kappa shape index (κ3) is 5.19. The van der Waals surface area contributed by atoms with Crippen LogP contribution in [0.4, 0.5) is 13.2 Å². The van der Waals surface area contributed by atoms with E-state index in [4.69, 9.17) is 0 Å². The Morgan fingerprint density at radius 2 is 1.67 bits per heavy atom. The van der Waals surface area contributed by atoms with Gasteiger partial charge in [-0.1, -0.05) is 13.8 Å². The van der Waals surface area contributed by atoms with Gasteiger partial charge in [0.15, 0.2) is 0 Å². The Morgan fingerprint density at radius 1 is 1.12 bits per heavy atom. The Kier molecular flexibility index (Phi) is 5.93. The first-order valence-electron chi connectivity index (χ1n) is 7.97. The molecule has 8 heteroatoms. The molecule has 4 nitrogen and oxygen atoms in total. The average Bonchev–Trinajstić information content (AvgIpc) is 2.45. The lowest BCUT2D eigenvalue weighted by molar-refractivity contribution is -0.137. The molecule has 0 spiro atoms. The minimum atomic E-state index is -4.47. The lowest BCUT2D eigenvalue weighted by Crippen LogP contribution is -2.42. The molecule has 1 aromatic carbocycles. The van der Waals surface area contributed by atoms with E-state index >= 15 is 0 Å². The van der Waals surface area contributed by atoms with Gasteiger partial charge in [-0.15, -0.1) is 0 Å². The van der Waals surface area contributed by atoms with E-state index in [1.165, 1.54) is 6.42 Å². The Hall–Kier alpha value is -1.12. The van der Waals surface area contributed by atoms with Crippen LogP contribution in [0.1, 0.15) is 25.8 Å². The number of benzene rings is 1. The van der Waals surface area contributed by atoms with Crippen molar-refractivity contribution in [3.8, 4) is 0 Å². The summed E-state index contributed by atoms with van der Waals surface area (Å²) < 4.78 is 64.3. The fourth-order valence-corrected chi connectivity index (χ4v) is 4.24. The number of rotatable bonds is 5. The minimum Gasteiger partial charge on any atom is -0.302 e. The highest BCUT2D eigenvalue weighted by Crippen LogP contribution is 2.29. The van der Waals surface area contributed by atoms with Gasteiger partial charge >= 0.3 is 6.18 Å². The molecule has 0 aromatic heterocycles. The highest BCUT2D eigenvalue weighted by molar-refractivity contribution is 7.89. The number of sulfonamides is 1. The Labute approximate surface area is 141 Å². The summed E-state index contributed by atoms with van der Waals surface area (Å²) in [5, 5.41) is 0. The molecule has 1 saturated heterocycles. The summed E-state index contributed by atoms with van der Waals surface area (Å²) in [7, 11) is -3.79. The molecule has 24 heavy (non-hydrogen) atoms. The molecule has 1 heterocycles. The standard InChI is InChI=1S/C16H23F3N2O2S/c1-12-9-13(2)11-21(10-12)8-7-20-24(22,23)15-5-3-14(4-6-15)16(17,18)19/h3-6,12-13,20H,7-11H2,1-2H3/t12-,13+. The fourth-order valence-electron chi connectivity index (χ4n) is 3.22. The van der Waals surface area contributed by atoms with E-state index in [-0.39, 0.29) is 11.4 Å². The van der Waals surface area contributed by atoms with Crippen LogP contribution in [0.5, 0.6) is 0 Å². The Morgan fingerprint density at radius 3 is 2.17 bits per heavy atom. The fraction of sp³-hybridized carbons (Fsp3) is 0.625. The van der Waals surface area contributed by atoms with Gasteiger partial charge in [0.1, 0.15) is 0 Å². The van der Waals surface area contributed by atoms with Gasteiger partial charge in [0.05, 0.1) is 10.5 Å². The first-order valence-corrected chi connectivity index (χ1v) is 9.45. The maximum absolute atomic E-state index is 12.5. The summed E-state index contributed by atoms with van der Waals surface area (Å²) in [4.78, 5) is 2.06. The second-order valence-corrected chi connectivity index (χ2v) is 8.39. The molecule has 0 saturated carbocycles.